The highest BCUT2D eigenvalue weighted by molar-refractivity contribution is 7.89. The van der Waals surface area contributed by atoms with Crippen LogP contribution in [0.5, 0.6) is 11.5 Å². The molecule has 0 heterocycles. The molecule has 0 unspecified atom stereocenters. The van der Waals surface area contributed by atoms with Crippen LogP contribution >= 0.6 is 11.6 Å². The maximum Gasteiger partial charge on any atom is 0.255 e. The van der Waals surface area contributed by atoms with Crippen molar-refractivity contribution in [2.45, 2.75) is 11.8 Å². The van der Waals surface area contributed by atoms with Crippen molar-refractivity contribution in [2.24, 2.45) is 5.10 Å². The molecule has 0 atom stereocenters. The molecule has 2 aromatic rings. The van der Waals surface area contributed by atoms with E-state index < -0.39 is 22.5 Å². The molecule has 1 amide bonds. The third-order valence-corrected chi connectivity index (χ3v) is 5.85. The maximum atomic E-state index is 12.5. The van der Waals surface area contributed by atoms with Crippen LogP contribution in [0.15, 0.2) is 52.5 Å². The highest BCUT2D eigenvalue weighted by atomic mass is 35.5. The van der Waals surface area contributed by atoms with E-state index in [0.717, 1.165) is 4.31 Å². The zero-order valence-electron chi connectivity index (χ0n) is 16.3. The number of rotatable bonds is 9. The zero-order valence-corrected chi connectivity index (χ0v) is 17.8. The molecule has 1 N–H and O–H groups in total. The van der Waals surface area contributed by atoms with Crippen molar-refractivity contribution in [2.75, 3.05) is 27.3 Å². The number of ether oxygens (including phenoxy) is 2. The van der Waals surface area contributed by atoms with E-state index in [1.54, 1.807) is 18.2 Å². The Morgan fingerprint density at radius 1 is 1.21 bits per heavy atom. The van der Waals surface area contributed by atoms with E-state index in [2.05, 4.69) is 10.5 Å². The average molecular weight is 440 g/mol. The summed E-state index contributed by atoms with van der Waals surface area (Å²) in [5.41, 5.74) is 2.98. The van der Waals surface area contributed by atoms with Gasteiger partial charge in [0.05, 0.1) is 31.4 Å². The quantitative estimate of drug-likeness (QED) is 0.478. The van der Waals surface area contributed by atoms with E-state index in [4.69, 9.17) is 21.1 Å². The number of hydrogen-bond acceptors (Lipinski definition) is 6. The molecule has 8 nitrogen and oxygen atoms in total. The summed E-state index contributed by atoms with van der Waals surface area (Å²) in [6.07, 6.45) is 1.42. The third kappa shape index (κ3) is 6.18. The van der Waals surface area contributed by atoms with Crippen LogP contribution in [0.25, 0.3) is 0 Å². The number of nitrogens with one attached hydrogen (secondary N) is 1. The fraction of sp³-hybridized carbons (Fsp3) is 0.263. The van der Waals surface area contributed by atoms with Gasteiger partial charge in [-0.2, -0.15) is 9.41 Å². The molecule has 0 fully saturated rings. The van der Waals surface area contributed by atoms with E-state index in [0.29, 0.717) is 28.7 Å². The summed E-state index contributed by atoms with van der Waals surface area (Å²) in [6.45, 7) is 1.98. The van der Waals surface area contributed by atoms with Gasteiger partial charge in [-0.3, -0.25) is 4.79 Å². The van der Waals surface area contributed by atoms with Crippen molar-refractivity contribution in [1.29, 1.82) is 0 Å². The molecular weight excluding hydrogens is 418 g/mol. The number of nitrogens with zero attached hydrogens (tertiary/aromatic N) is 2. The first kappa shape index (κ1) is 22.7. The van der Waals surface area contributed by atoms with Gasteiger partial charge in [-0.05, 0) is 55.0 Å². The highest BCUT2D eigenvalue weighted by Gasteiger charge is 2.22. The van der Waals surface area contributed by atoms with Gasteiger partial charge in [-0.1, -0.05) is 11.6 Å². The number of carbonyl (C=O) groups is 1. The van der Waals surface area contributed by atoms with Gasteiger partial charge in [0.15, 0.2) is 11.5 Å². The molecule has 0 aromatic heterocycles. The van der Waals surface area contributed by atoms with Gasteiger partial charge in [0.1, 0.15) is 0 Å². The SMILES string of the molecule is CCOc1ccc(/C=N\NC(=O)CN(C)S(=O)(=O)c2ccc(Cl)cc2)cc1OC. The average Bonchev–Trinajstić information content (AvgIpc) is 2.69. The van der Waals surface area contributed by atoms with Crippen LogP contribution in [0.4, 0.5) is 0 Å². The van der Waals surface area contributed by atoms with Crippen molar-refractivity contribution in [3.8, 4) is 11.5 Å². The van der Waals surface area contributed by atoms with Gasteiger partial charge in [-0.15, -0.1) is 0 Å². The Balaban J connectivity index is 1.97. The number of hydrazone groups is 1. The first-order valence-corrected chi connectivity index (χ1v) is 10.4. The van der Waals surface area contributed by atoms with Crippen LogP contribution in [0.2, 0.25) is 5.02 Å². The van der Waals surface area contributed by atoms with Gasteiger partial charge >= 0.3 is 0 Å². The molecule has 0 spiro atoms. The Kier molecular flexibility index (Phi) is 8.00. The molecule has 156 valence electrons. The van der Waals surface area contributed by atoms with Crippen LogP contribution in [0.1, 0.15) is 12.5 Å². The molecule has 0 aliphatic rings. The first-order valence-electron chi connectivity index (χ1n) is 8.62. The summed E-state index contributed by atoms with van der Waals surface area (Å²) in [6, 6.07) is 10.9. The van der Waals surface area contributed by atoms with Crippen LogP contribution in [-0.2, 0) is 14.8 Å². The Bertz CT molecular complexity index is 978. The van der Waals surface area contributed by atoms with Crippen LogP contribution in [0.3, 0.4) is 0 Å². The molecule has 0 saturated heterocycles. The maximum absolute atomic E-state index is 12.5. The molecule has 10 heteroatoms. The number of halogens is 1. The molecule has 0 bridgehead atoms. The molecule has 0 aliphatic carbocycles. The molecular formula is C19H22ClN3O5S. The van der Waals surface area contributed by atoms with Gasteiger partial charge in [-0.25, -0.2) is 13.8 Å². The van der Waals surface area contributed by atoms with Crippen molar-refractivity contribution in [3.05, 3.63) is 53.1 Å². The molecule has 0 aliphatic heterocycles. The summed E-state index contributed by atoms with van der Waals surface area (Å²) < 4.78 is 36.6. The third-order valence-electron chi connectivity index (χ3n) is 3.78. The highest BCUT2D eigenvalue weighted by Crippen LogP contribution is 2.27. The molecule has 0 saturated carbocycles. The lowest BCUT2D eigenvalue weighted by molar-refractivity contribution is -0.121. The van der Waals surface area contributed by atoms with Gasteiger partial charge in [0.2, 0.25) is 10.0 Å². The minimum atomic E-state index is -3.82. The smallest absolute Gasteiger partial charge is 0.255 e. The number of carbonyl (C=O) groups excluding carboxylic acids is 1. The van der Waals surface area contributed by atoms with E-state index >= 15 is 0 Å². The van der Waals surface area contributed by atoms with Crippen molar-refractivity contribution < 1.29 is 22.7 Å². The van der Waals surface area contributed by atoms with Crippen molar-refractivity contribution in [3.63, 3.8) is 0 Å². The topological polar surface area (TPSA) is 97.3 Å². The van der Waals surface area contributed by atoms with Gasteiger partial charge in [0, 0.05) is 12.1 Å². The summed E-state index contributed by atoms with van der Waals surface area (Å²) >= 11 is 5.77. The second-order valence-electron chi connectivity index (χ2n) is 5.85. The Morgan fingerprint density at radius 3 is 2.52 bits per heavy atom. The molecule has 2 rings (SSSR count). The van der Waals surface area contributed by atoms with E-state index in [-0.39, 0.29) is 4.90 Å². The summed E-state index contributed by atoms with van der Waals surface area (Å²) in [5.74, 6) is 0.556. The number of methoxy groups -OCH3 is 1. The monoisotopic (exact) mass is 439 g/mol. The molecule has 2 aromatic carbocycles. The lowest BCUT2D eigenvalue weighted by Crippen LogP contribution is -2.36. The minimum Gasteiger partial charge on any atom is -0.493 e. The standard InChI is InChI=1S/C19H22ClN3O5S/c1-4-28-17-10-5-14(11-18(17)27-3)12-21-22-19(24)13-23(2)29(25,26)16-8-6-15(20)7-9-16/h5-12H,4,13H2,1-3H3,(H,22,24)/b21-12-. The van der Waals surface area contributed by atoms with Gasteiger partial charge in [0.25, 0.3) is 5.91 Å². The first-order chi connectivity index (χ1) is 13.8. The lowest BCUT2D eigenvalue weighted by Gasteiger charge is -2.16. The molecule has 29 heavy (non-hydrogen) atoms. The minimum absolute atomic E-state index is 0.0437. The second kappa shape index (κ2) is 10.2. The van der Waals surface area contributed by atoms with Crippen LogP contribution < -0.4 is 14.9 Å². The largest absolute Gasteiger partial charge is 0.493 e. The van der Waals surface area contributed by atoms with Gasteiger partial charge < -0.3 is 9.47 Å². The summed E-state index contributed by atoms with van der Waals surface area (Å²) in [5, 5.41) is 4.27. The van der Waals surface area contributed by atoms with E-state index in [9.17, 15) is 13.2 Å². The summed E-state index contributed by atoms with van der Waals surface area (Å²) in [7, 11) is -0.980. The predicted molar refractivity (Wildman–Crippen MR) is 111 cm³/mol. The van der Waals surface area contributed by atoms with Crippen molar-refractivity contribution in [1.82, 2.24) is 9.73 Å². The fourth-order valence-electron chi connectivity index (χ4n) is 2.33. The number of likely N-dealkylation sites (N-methyl/N-ethyl adjacent to an activating group) is 1. The van der Waals surface area contributed by atoms with Crippen molar-refractivity contribution >= 4 is 33.7 Å². The Morgan fingerprint density at radius 2 is 1.90 bits per heavy atom. The lowest BCUT2D eigenvalue weighted by atomic mass is 10.2. The second-order valence-corrected chi connectivity index (χ2v) is 8.33. The number of amides is 1. The fourth-order valence-corrected chi connectivity index (χ4v) is 3.58. The van der Waals surface area contributed by atoms with Crippen LogP contribution in [-0.4, -0.2) is 52.2 Å². The van der Waals surface area contributed by atoms with E-state index in [1.807, 2.05) is 6.92 Å². The Hall–Kier alpha value is -2.62. The molecule has 0 radical (unpaired) electrons. The van der Waals surface area contributed by atoms with Crippen LogP contribution in [0, 0.1) is 0 Å². The predicted octanol–water partition coefficient (Wildman–Crippen LogP) is 2.52. The van der Waals surface area contributed by atoms with E-state index in [1.165, 1.54) is 44.6 Å². The normalized spacial score (nSPS) is 11.6. The zero-order chi connectivity index (χ0) is 21.4. The number of sulfonamides is 1. The Labute approximate surface area is 175 Å². The number of hydrogen-bond donors (Lipinski definition) is 1. The summed E-state index contributed by atoms with van der Waals surface area (Å²) in [4.78, 5) is 12.1. The number of benzene rings is 2.